The van der Waals surface area contributed by atoms with Gasteiger partial charge in [0.25, 0.3) is 5.91 Å². The van der Waals surface area contributed by atoms with Gasteiger partial charge >= 0.3 is 0 Å². The second-order valence-corrected chi connectivity index (χ2v) is 11.1. The number of benzene rings is 2. The van der Waals surface area contributed by atoms with Crippen LogP contribution in [-0.4, -0.2) is 24.2 Å². The molecule has 31 heavy (non-hydrogen) atoms. The number of hydrogen-bond acceptors (Lipinski definition) is 3. The fourth-order valence-corrected chi connectivity index (χ4v) is 7.92. The van der Waals surface area contributed by atoms with Crippen molar-refractivity contribution in [2.75, 3.05) is 7.11 Å². The Morgan fingerprint density at radius 2 is 1.77 bits per heavy atom. The summed E-state index contributed by atoms with van der Waals surface area (Å²) in [6.45, 7) is 2.25. The number of hydrogen-bond donors (Lipinski definition) is 2. The zero-order valence-corrected chi connectivity index (χ0v) is 20.4. The molecule has 4 saturated carbocycles. The third kappa shape index (κ3) is 3.76. The lowest BCUT2D eigenvalue weighted by Crippen LogP contribution is -2.57. The molecule has 0 unspecified atom stereocenters. The van der Waals surface area contributed by atoms with Crippen LogP contribution in [0.25, 0.3) is 10.8 Å². The average molecular weight is 501 g/mol. The van der Waals surface area contributed by atoms with Crippen molar-refractivity contribution < 1.29 is 9.53 Å². The summed E-state index contributed by atoms with van der Waals surface area (Å²) in [5.41, 5.74) is 0.799. The van der Waals surface area contributed by atoms with E-state index in [9.17, 15) is 4.79 Å². The van der Waals surface area contributed by atoms with Crippen LogP contribution in [0.5, 0.6) is 5.75 Å². The number of rotatable bonds is 4. The number of fused-ring (bicyclic) bond motifs is 1. The van der Waals surface area contributed by atoms with E-state index in [1.165, 1.54) is 38.5 Å². The first-order valence-electron chi connectivity index (χ1n) is 11.3. The predicted octanol–water partition coefficient (Wildman–Crippen LogP) is 5.82. The maximum absolute atomic E-state index is 13.1. The maximum Gasteiger partial charge on any atom is 0.261 e. The van der Waals surface area contributed by atoms with E-state index >= 15 is 0 Å². The molecular formula is C25H29BrN2O2S. The Bertz CT molecular complexity index is 1020. The Hall–Kier alpha value is -1.66. The lowest BCUT2D eigenvalue weighted by atomic mass is 9.48. The summed E-state index contributed by atoms with van der Waals surface area (Å²) in [7, 11) is 1.58. The van der Waals surface area contributed by atoms with E-state index in [2.05, 4.69) is 33.5 Å². The number of ether oxygens (including phenoxy) is 1. The Morgan fingerprint density at radius 1 is 1.16 bits per heavy atom. The second kappa shape index (κ2) is 8.04. The lowest BCUT2D eigenvalue weighted by molar-refractivity contribution is -0.0672. The van der Waals surface area contributed by atoms with Crippen molar-refractivity contribution >= 4 is 49.9 Å². The van der Waals surface area contributed by atoms with Crippen LogP contribution in [0.2, 0.25) is 0 Å². The third-order valence-electron chi connectivity index (χ3n) is 7.97. The van der Waals surface area contributed by atoms with Gasteiger partial charge in [0.2, 0.25) is 0 Å². The summed E-state index contributed by atoms with van der Waals surface area (Å²) >= 11 is 9.18. The van der Waals surface area contributed by atoms with Crippen molar-refractivity contribution in [2.24, 2.45) is 23.2 Å². The molecule has 0 saturated heterocycles. The topological polar surface area (TPSA) is 50.4 Å². The number of nitrogens with one attached hydrogen (secondary N) is 2. The monoisotopic (exact) mass is 500 g/mol. The van der Waals surface area contributed by atoms with Gasteiger partial charge in [0.05, 0.1) is 17.1 Å². The molecule has 4 aliphatic rings. The first-order chi connectivity index (χ1) is 14.9. The van der Waals surface area contributed by atoms with E-state index in [4.69, 9.17) is 17.0 Å². The smallest absolute Gasteiger partial charge is 0.261 e. The van der Waals surface area contributed by atoms with Crippen molar-refractivity contribution in [3.8, 4) is 5.75 Å². The normalized spacial score (nSPS) is 29.6. The molecule has 1 amide bonds. The van der Waals surface area contributed by atoms with Crippen LogP contribution in [0.1, 0.15) is 55.8 Å². The molecule has 4 aliphatic carbocycles. The van der Waals surface area contributed by atoms with Gasteiger partial charge in [-0.25, -0.2) is 0 Å². The van der Waals surface area contributed by atoms with Crippen molar-refractivity contribution in [3.05, 3.63) is 40.4 Å². The first kappa shape index (κ1) is 21.2. The molecule has 6 rings (SSSR count). The summed E-state index contributed by atoms with van der Waals surface area (Å²) in [5, 5.41) is 8.76. The number of carbonyl (C=O) groups excluding carboxylic acids is 1. The van der Waals surface area contributed by atoms with Gasteiger partial charge in [0.15, 0.2) is 5.11 Å². The van der Waals surface area contributed by atoms with Crippen molar-refractivity contribution in [2.45, 2.75) is 51.5 Å². The number of thiocarbonyl (C=S) groups is 1. The SMILES string of the molecule is COc1c(C(=O)NC(=S)N[C@H](C)C23CC4CC(CC(C4)C2)C3)cc2ccccc2c1Br. The molecule has 4 nitrogen and oxygen atoms in total. The summed E-state index contributed by atoms with van der Waals surface area (Å²) in [6, 6.07) is 10.0. The number of methoxy groups -OCH3 is 1. The molecule has 4 bridgehead atoms. The molecule has 0 aliphatic heterocycles. The van der Waals surface area contributed by atoms with E-state index in [0.29, 0.717) is 21.8 Å². The largest absolute Gasteiger partial charge is 0.495 e. The van der Waals surface area contributed by atoms with Crippen molar-refractivity contribution in [3.63, 3.8) is 0 Å². The van der Waals surface area contributed by atoms with Gasteiger partial charge in [0, 0.05) is 6.04 Å². The zero-order chi connectivity index (χ0) is 21.8. The molecule has 0 heterocycles. The number of amides is 1. The van der Waals surface area contributed by atoms with E-state index in [1.54, 1.807) is 7.11 Å². The highest BCUT2D eigenvalue weighted by molar-refractivity contribution is 9.10. The molecule has 0 aromatic heterocycles. The van der Waals surface area contributed by atoms with Gasteiger partial charge in [-0.2, -0.15) is 0 Å². The van der Waals surface area contributed by atoms with Crippen LogP contribution in [-0.2, 0) is 0 Å². The van der Waals surface area contributed by atoms with Crippen molar-refractivity contribution in [1.29, 1.82) is 0 Å². The van der Waals surface area contributed by atoms with Crippen LogP contribution >= 0.6 is 28.1 Å². The summed E-state index contributed by atoms with van der Waals surface area (Å²) in [4.78, 5) is 13.1. The Labute approximate surface area is 197 Å². The third-order valence-corrected chi connectivity index (χ3v) is 8.98. The first-order valence-corrected chi connectivity index (χ1v) is 12.5. The number of carbonyl (C=O) groups is 1. The minimum atomic E-state index is -0.251. The van der Waals surface area contributed by atoms with Crippen LogP contribution in [0.3, 0.4) is 0 Å². The second-order valence-electron chi connectivity index (χ2n) is 9.92. The Kier molecular flexibility index (Phi) is 5.50. The van der Waals surface area contributed by atoms with Crippen molar-refractivity contribution in [1.82, 2.24) is 10.6 Å². The van der Waals surface area contributed by atoms with Crippen LogP contribution in [0.15, 0.2) is 34.8 Å². The van der Waals surface area contributed by atoms with E-state index in [1.807, 2.05) is 30.3 Å². The molecule has 0 spiro atoms. The molecule has 2 N–H and O–H groups in total. The zero-order valence-electron chi connectivity index (χ0n) is 18.0. The predicted molar refractivity (Wildman–Crippen MR) is 131 cm³/mol. The Morgan fingerprint density at radius 3 is 2.39 bits per heavy atom. The summed E-state index contributed by atoms with van der Waals surface area (Å²) < 4.78 is 6.34. The fraction of sp³-hybridized carbons (Fsp3) is 0.520. The van der Waals surface area contributed by atoms with Gasteiger partial charge in [-0.1, -0.05) is 24.3 Å². The van der Waals surface area contributed by atoms with Gasteiger partial charge in [-0.15, -0.1) is 0 Å². The summed E-state index contributed by atoms with van der Waals surface area (Å²) in [6.07, 6.45) is 8.16. The lowest BCUT2D eigenvalue weighted by Gasteiger charge is -2.59. The van der Waals surface area contributed by atoms with E-state index < -0.39 is 0 Å². The fourth-order valence-electron chi connectivity index (χ4n) is 6.92. The molecule has 2 aromatic carbocycles. The maximum atomic E-state index is 13.1. The minimum Gasteiger partial charge on any atom is -0.495 e. The van der Waals surface area contributed by atoms with Gasteiger partial charge in [-0.05, 0) is 114 Å². The molecule has 4 fully saturated rings. The highest BCUT2D eigenvalue weighted by Gasteiger charge is 2.53. The molecule has 2 aromatic rings. The minimum absolute atomic E-state index is 0.251. The van der Waals surface area contributed by atoms with E-state index in [0.717, 1.165) is 33.0 Å². The molecule has 164 valence electrons. The summed E-state index contributed by atoms with van der Waals surface area (Å²) in [5.74, 6) is 2.93. The highest BCUT2D eigenvalue weighted by atomic mass is 79.9. The Balaban J connectivity index is 1.31. The van der Waals surface area contributed by atoms with Gasteiger partial charge in [0.1, 0.15) is 5.75 Å². The molecule has 0 radical (unpaired) electrons. The van der Waals surface area contributed by atoms with Crippen LogP contribution in [0, 0.1) is 23.2 Å². The van der Waals surface area contributed by atoms with Crippen LogP contribution in [0.4, 0.5) is 0 Å². The highest BCUT2D eigenvalue weighted by Crippen LogP contribution is 2.61. The quantitative estimate of drug-likeness (QED) is 0.519. The van der Waals surface area contributed by atoms with Gasteiger partial charge in [-0.3, -0.25) is 10.1 Å². The standard InChI is InChI=1S/C25H29BrN2O2S/c1-14(25-11-15-7-16(12-25)9-17(8-15)13-25)27-24(31)28-23(29)20-10-18-5-3-4-6-19(18)21(26)22(20)30-2/h3-6,10,14-17H,7-9,11-13H2,1-2H3,(H2,27,28,29,31)/t14-,15?,16?,17?,25?/m1/s1. The average Bonchev–Trinajstić information content (AvgIpc) is 2.72. The molecule has 6 heteroatoms. The van der Waals surface area contributed by atoms with E-state index in [-0.39, 0.29) is 11.9 Å². The van der Waals surface area contributed by atoms with Gasteiger partial charge < -0.3 is 10.1 Å². The molecule has 1 atom stereocenters. The number of halogens is 1. The molecular weight excluding hydrogens is 472 g/mol. The van der Waals surface area contributed by atoms with Crippen LogP contribution < -0.4 is 15.4 Å².